The zero-order valence-corrected chi connectivity index (χ0v) is 15.4. The van der Waals surface area contributed by atoms with Gasteiger partial charge in [0.15, 0.2) is 0 Å². The van der Waals surface area contributed by atoms with Gasteiger partial charge in [0.2, 0.25) is 0 Å². The molecule has 2 aliphatic rings. The first-order chi connectivity index (χ1) is 9.99. The normalized spacial score (nSPS) is 25.3. The molecule has 124 valence electrons. The topological polar surface area (TPSA) is 15.3 Å². The van der Waals surface area contributed by atoms with E-state index in [4.69, 9.17) is 0 Å². The lowest BCUT2D eigenvalue weighted by atomic mass is 9.79. The zero-order chi connectivity index (χ0) is 15.2. The molecule has 0 spiro atoms. The number of hydrogen-bond acceptors (Lipinski definition) is 3. The van der Waals surface area contributed by atoms with Crippen molar-refractivity contribution < 1.29 is 0 Å². The Morgan fingerprint density at radius 3 is 2.33 bits per heavy atom. The van der Waals surface area contributed by atoms with Crippen LogP contribution in [0.25, 0.3) is 0 Å². The lowest BCUT2D eigenvalue weighted by Gasteiger charge is -2.40. The number of nitrogens with zero attached hydrogens (tertiary/aromatic N) is 1. The van der Waals surface area contributed by atoms with Crippen molar-refractivity contribution in [2.24, 2.45) is 5.41 Å². The van der Waals surface area contributed by atoms with Gasteiger partial charge in [-0.25, -0.2) is 0 Å². The highest BCUT2D eigenvalue weighted by Crippen LogP contribution is 2.36. The van der Waals surface area contributed by atoms with E-state index in [0.717, 1.165) is 0 Å². The molecule has 1 saturated carbocycles. The summed E-state index contributed by atoms with van der Waals surface area (Å²) in [6.07, 6.45) is 10.0. The SMILES string of the molecule is CC(C)(C)NCC1(CN2CCCSCC2)CCCCCC1. The maximum absolute atomic E-state index is 3.83. The Hall–Kier alpha value is 0.270. The lowest BCUT2D eigenvalue weighted by molar-refractivity contribution is 0.124. The van der Waals surface area contributed by atoms with Crippen LogP contribution in [0.15, 0.2) is 0 Å². The van der Waals surface area contributed by atoms with Gasteiger partial charge in [-0.3, -0.25) is 0 Å². The highest BCUT2D eigenvalue weighted by atomic mass is 32.2. The van der Waals surface area contributed by atoms with Crippen LogP contribution >= 0.6 is 11.8 Å². The Morgan fingerprint density at radius 2 is 1.67 bits per heavy atom. The van der Waals surface area contributed by atoms with E-state index >= 15 is 0 Å². The molecule has 0 radical (unpaired) electrons. The van der Waals surface area contributed by atoms with Crippen molar-refractivity contribution in [1.82, 2.24) is 10.2 Å². The van der Waals surface area contributed by atoms with Crippen molar-refractivity contribution in [3.63, 3.8) is 0 Å². The van der Waals surface area contributed by atoms with E-state index < -0.39 is 0 Å². The predicted molar refractivity (Wildman–Crippen MR) is 96.3 cm³/mol. The predicted octanol–water partition coefficient (Wildman–Crippen LogP) is 4.15. The molecular formula is C18H36N2S. The minimum absolute atomic E-state index is 0.244. The van der Waals surface area contributed by atoms with Crippen molar-refractivity contribution in [3.8, 4) is 0 Å². The monoisotopic (exact) mass is 312 g/mol. The van der Waals surface area contributed by atoms with Gasteiger partial charge in [0.05, 0.1) is 0 Å². The molecule has 0 aromatic rings. The van der Waals surface area contributed by atoms with Gasteiger partial charge in [-0.15, -0.1) is 0 Å². The molecule has 1 N–H and O–H groups in total. The highest BCUT2D eigenvalue weighted by molar-refractivity contribution is 7.99. The van der Waals surface area contributed by atoms with Crippen molar-refractivity contribution >= 4 is 11.8 Å². The fourth-order valence-electron chi connectivity index (χ4n) is 3.75. The average molecular weight is 313 g/mol. The van der Waals surface area contributed by atoms with Crippen molar-refractivity contribution in [2.75, 3.05) is 37.7 Å². The third kappa shape index (κ3) is 6.50. The molecule has 1 saturated heterocycles. The van der Waals surface area contributed by atoms with Crippen LogP contribution in [0.1, 0.15) is 65.7 Å². The van der Waals surface area contributed by atoms with Gasteiger partial charge in [0.1, 0.15) is 0 Å². The number of nitrogens with one attached hydrogen (secondary N) is 1. The number of hydrogen-bond donors (Lipinski definition) is 1. The van der Waals surface area contributed by atoms with Crippen LogP contribution in [-0.2, 0) is 0 Å². The van der Waals surface area contributed by atoms with Crippen LogP contribution < -0.4 is 5.32 Å². The summed E-state index contributed by atoms with van der Waals surface area (Å²) in [7, 11) is 0. The third-order valence-corrected chi connectivity index (χ3v) is 6.08. The maximum atomic E-state index is 3.83. The molecule has 21 heavy (non-hydrogen) atoms. The van der Waals surface area contributed by atoms with E-state index in [2.05, 4.69) is 42.7 Å². The van der Waals surface area contributed by atoms with Crippen molar-refractivity contribution in [3.05, 3.63) is 0 Å². The molecule has 2 nitrogen and oxygen atoms in total. The van der Waals surface area contributed by atoms with Crippen LogP contribution in [0, 0.1) is 5.41 Å². The molecule has 1 heterocycles. The minimum atomic E-state index is 0.244. The van der Waals surface area contributed by atoms with E-state index in [-0.39, 0.29) is 5.54 Å². The lowest BCUT2D eigenvalue weighted by Crippen LogP contribution is -2.49. The molecule has 0 amide bonds. The Labute approximate surface area is 136 Å². The molecule has 0 atom stereocenters. The second-order valence-corrected chi connectivity index (χ2v) is 9.48. The number of thioether (sulfide) groups is 1. The summed E-state index contributed by atoms with van der Waals surface area (Å²) in [5.41, 5.74) is 0.771. The van der Waals surface area contributed by atoms with Crippen molar-refractivity contribution in [1.29, 1.82) is 0 Å². The second kappa shape index (κ2) is 8.21. The van der Waals surface area contributed by atoms with Gasteiger partial charge in [0, 0.05) is 30.9 Å². The van der Waals surface area contributed by atoms with Crippen molar-refractivity contribution in [2.45, 2.75) is 71.3 Å². The Morgan fingerprint density at radius 1 is 0.952 bits per heavy atom. The summed E-state index contributed by atoms with van der Waals surface area (Å²) in [6.45, 7) is 12.1. The molecular weight excluding hydrogens is 276 g/mol. The average Bonchev–Trinajstić information content (AvgIpc) is 2.80. The second-order valence-electron chi connectivity index (χ2n) is 8.26. The van der Waals surface area contributed by atoms with Crippen LogP contribution in [0.3, 0.4) is 0 Å². The van der Waals surface area contributed by atoms with Gasteiger partial charge in [-0.2, -0.15) is 11.8 Å². The zero-order valence-electron chi connectivity index (χ0n) is 14.5. The first-order valence-electron chi connectivity index (χ1n) is 9.04. The molecule has 0 unspecified atom stereocenters. The van der Waals surface area contributed by atoms with Gasteiger partial charge < -0.3 is 10.2 Å². The van der Waals surface area contributed by atoms with E-state index in [1.54, 1.807) is 0 Å². The van der Waals surface area contributed by atoms with Crippen LogP contribution in [0.5, 0.6) is 0 Å². The first kappa shape index (κ1) is 17.6. The van der Waals surface area contributed by atoms with Gasteiger partial charge in [-0.05, 0) is 57.7 Å². The molecule has 0 aromatic heterocycles. The minimum Gasteiger partial charge on any atom is -0.311 e. The Bertz CT molecular complexity index is 282. The Balaban J connectivity index is 1.99. The van der Waals surface area contributed by atoms with E-state index in [0.29, 0.717) is 5.41 Å². The van der Waals surface area contributed by atoms with Crippen LogP contribution in [-0.4, -0.2) is 48.1 Å². The molecule has 1 aliphatic carbocycles. The quantitative estimate of drug-likeness (QED) is 0.785. The molecule has 2 rings (SSSR count). The summed E-state index contributed by atoms with van der Waals surface area (Å²) in [5.74, 6) is 2.70. The molecule has 3 heteroatoms. The fourth-order valence-corrected chi connectivity index (χ4v) is 4.68. The molecule has 1 aliphatic heterocycles. The van der Waals surface area contributed by atoms with Crippen LogP contribution in [0.4, 0.5) is 0 Å². The van der Waals surface area contributed by atoms with Gasteiger partial charge in [-0.1, -0.05) is 25.7 Å². The maximum Gasteiger partial charge on any atom is 0.00967 e. The third-order valence-electron chi connectivity index (χ3n) is 5.03. The Kier molecular flexibility index (Phi) is 6.89. The van der Waals surface area contributed by atoms with E-state index in [1.165, 1.54) is 82.6 Å². The highest BCUT2D eigenvalue weighted by Gasteiger charge is 2.33. The molecule has 0 aromatic carbocycles. The van der Waals surface area contributed by atoms with E-state index in [9.17, 15) is 0 Å². The van der Waals surface area contributed by atoms with Gasteiger partial charge >= 0.3 is 0 Å². The first-order valence-corrected chi connectivity index (χ1v) is 10.2. The summed E-state index contributed by atoms with van der Waals surface area (Å²) in [4.78, 5) is 2.77. The summed E-state index contributed by atoms with van der Waals surface area (Å²) < 4.78 is 0. The fraction of sp³-hybridized carbons (Fsp3) is 1.00. The molecule has 2 fully saturated rings. The van der Waals surface area contributed by atoms with Gasteiger partial charge in [0.25, 0.3) is 0 Å². The summed E-state index contributed by atoms with van der Waals surface area (Å²) >= 11 is 2.14. The van der Waals surface area contributed by atoms with E-state index in [1.807, 2.05) is 0 Å². The van der Waals surface area contributed by atoms with Crippen LogP contribution in [0.2, 0.25) is 0 Å². The standard InChI is InChI=1S/C18H36N2S/c1-17(2,3)19-15-18(9-6-4-5-7-10-18)16-20-11-8-13-21-14-12-20/h19H,4-16H2,1-3H3. The smallest absolute Gasteiger partial charge is 0.00967 e. The molecule has 0 bridgehead atoms. The number of rotatable bonds is 4. The summed E-state index contributed by atoms with van der Waals surface area (Å²) in [6, 6.07) is 0. The summed E-state index contributed by atoms with van der Waals surface area (Å²) in [5, 5.41) is 3.83. The largest absolute Gasteiger partial charge is 0.311 e.